The fourth-order valence-electron chi connectivity index (χ4n) is 2.51. The van der Waals surface area contributed by atoms with Crippen molar-refractivity contribution in [1.29, 1.82) is 0 Å². The molecule has 1 aliphatic heterocycles. The third-order valence-electron chi connectivity index (χ3n) is 3.91. The first kappa shape index (κ1) is 17.6. The molecule has 1 atom stereocenters. The Kier molecular flexibility index (Phi) is 4.91. The summed E-state index contributed by atoms with van der Waals surface area (Å²) in [5.74, 6) is 0.308. The molecule has 1 fully saturated rings. The van der Waals surface area contributed by atoms with E-state index in [1.54, 1.807) is 18.2 Å². The summed E-state index contributed by atoms with van der Waals surface area (Å²) in [7, 11) is -2.96. The Balaban J connectivity index is 1.63. The lowest BCUT2D eigenvalue weighted by molar-refractivity contribution is 0.102. The van der Waals surface area contributed by atoms with Gasteiger partial charge >= 0.3 is 0 Å². The van der Waals surface area contributed by atoms with Crippen LogP contribution in [0.15, 0.2) is 30.3 Å². The molecule has 3 rings (SSSR count). The van der Waals surface area contributed by atoms with Gasteiger partial charge in [0, 0.05) is 16.8 Å². The number of sulfone groups is 1. The summed E-state index contributed by atoms with van der Waals surface area (Å²) in [4.78, 5) is 12.2. The molecule has 0 bridgehead atoms. The SMILES string of the molecule is Cc1ccc(NC(=O)c2ccc(NC3CCS(=O)(=O)C3)nn2)cc1Cl. The van der Waals surface area contributed by atoms with Crippen molar-refractivity contribution in [1.82, 2.24) is 10.2 Å². The summed E-state index contributed by atoms with van der Waals surface area (Å²) >= 11 is 6.03. The summed E-state index contributed by atoms with van der Waals surface area (Å²) in [6, 6.07) is 8.20. The molecule has 1 aromatic heterocycles. The summed E-state index contributed by atoms with van der Waals surface area (Å²) < 4.78 is 22.9. The summed E-state index contributed by atoms with van der Waals surface area (Å²) in [6.07, 6.45) is 0.542. The number of amides is 1. The Labute approximate surface area is 150 Å². The Morgan fingerprint density at radius 3 is 2.64 bits per heavy atom. The zero-order valence-corrected chi connectivity index (χ0v) is 15.1. The minimum Gasteiger partial charge on any atom is -0.365 e. The van der Waals surface area contributed by atoms with Crippen LogP contribution in [0.1, 0.15) is 22.5 Å². The second-order valence-electron chi connectivity index (χ2n) is 5.97. The van der Waals surface area contributed by atoms with Gasteiger partial charge in [-0.2, -0.15) is 0 Å². The second-order valence-corrected chi connectivity index (χ2v) is 8.60. The maximum Gasteiger partial charge on any atom is 0.276 e. The first-order valence-corrected chi connectivity index (χ1v) is 9.90. The average molecular weight is 381 g/mol. The van der Waals surface area contributed by atoms with Crippen molar-refractivity contribution >= 4 is 38.9 Å². The summed E-state index contributed by atoms with van der Waals surface area (Å²) in [5.41, 5.74) is 1.64. The number of nitrogens with one attached hydrogen (secondary N) is 2. The lowest BCUT2D eigenvalue weighted by Crippen LogP contribution is -2.22. The van der Waals surface area contributed by atoms with Crippen LogP contribution in [0.4, 0.5) is 11.5 Å². The summed E-state index contributed by atoms with van der Waals surface area (Å²) in [6.45, 7) is 1.88. The highest BCUT2D eigenvalue weighted by Crippen LogP contribution is 2.20. The molecule has 25 heavy (non-hydrogen) atoms. The van der Waals surface area contributed by atoms with Gasteiger partial charge in [-0.05, 0) is 43.2 Å². The second kappa shape index (κ2) is 6.97. The van der Waals surface area contributed by atoms with Crippen molar-refractivity contribution in [2.45, 2.75) is 19.4 Å². The smallest absolute Gasteiger partial charge is 0.276 e. The molecule has 0 spiro atoms. The maximum atomic E-state index is 12.2. The number of anilines is 2. The molecule has 2 aromatic rings. The molecule has 1 amide bonds. The lowest BCUT2D eigenvalue weighted by atomic mass is 10.2. The monoisotopic (exact) mass is 380 g/mol. The van der Waals surface area contributed by atoms with Gasteiger partial charge in [-0.3, -0.25) is 4.79 Å². The molecule has 2 N–H and O–H groups in total. The number of halogens is 1. The van der Waals surface area contributed by atoms with Gasteiger partial charge in [0.25, 0.3) is 5.91 Å². The van der Waals surface area contributed by atoms with Crippen LogP contribution in [0.5, 0.6) is 0 Å². The zero-order chi connectivity index (χ0) is 18.0. The Hall–Kier alpha value is -2.19. The molecule has 0 radical (unpaired) electrons. The Morgan fingerprint density at radius 2 is 2.04 bits per heavy atom. The normalized spacial score (nSPS) is 18.7. The minimum absolute atomic E-state index is 0.0884. The molecule has 0 aliphatic carbocycles. The third kappa shape index (κ3) is 4.46. The summed E-state index contributed by atoms with van der Waals surface area (Å²) in [5, 5.41) is 14.1. The van der Waals surface area contributed by atoms with Gasteiger partial charge in [0.15, 0.2) is 15.5 Å². The fourth-order valence-corrected chi connectivity index (χ4v) is 4.37. The topological polar surface area (TPSA) is 101 Å². The Bertz CT molecular complexity index is 900. The minimum atomic E-state index is -2.96. The Morgan fingerprint density at radius 1 is 1.24 bits per heavy atom. The molecule has 132 valence electrons. The van der Waals surface area contributed by atoms with Gasteiger partial charge in [0.2, 0.25) is 0 Å². The predicted octanol–water partition coefficient (Wildman–Crippen LogP) is 2.29. The molecule has 0 saturated carbocycles. The highest BCUT2D eigenvalue weighted by molar-refractivity contribution is 7.91. The van der Waals surface area contributed by atoms with E-state index in [9.17, 15) is 13.2 Å². The van der Waals surface area contributed by atoms with Crippen LogP contribution in [0, 0.1) is 6.92 Å². The molecular weight excluding hydrogens is 364 g/mol. The number of carbonyl (C=O) groups excluding carboxylic acids is 1. The first-order chi connectivity index (χ1) is 11.8. The van der Waals surface area contributed by atoms with Crippen molar-refractivity contribution < 1.29 is 13.2 Å². The molecular formula is C16H17ClN4O3S. The van der Waals surface area contributed by atoms with E-state index in [0.717, 1.165) is 5.56 Å². The van der Waals surface area contributed by atoms with Crippen LogP contribution in [-0.4, -0.2) is 42.1 Å². The van der Waals surface area contributed by atoms with Crippen LogP contribution < -0.4 is 10.6 Å². The van der Waals surface area contributed by atoms with Gasteiger partial charge in [0.1, 0.15) is 5.82 Å². The van der Waals surface area contributed by atoms with E-state index in [1.165, 1.54) is 6.07 Å². The van der Waals surface area contributed by atoms with Crippen LogP contribution >= 0.6 is 11.6 Å². The first-order valence-electron chi connectivity index (χ1n) is 7.70. The third-order valence-corrected chi connectivity index (χ3v) is 6.09. The molecule has 1 unspecified atom stereocenters. The quantitative estimate of drug-likeness (QED) is 0.843. The number of aromatic nitrogens is 2. The van der Waals surface area contributed by atoms with Crippen molar-refractivity contribution in [3.05, 3.63) is 46.6 Å². The number of hydrogen-bond acceptors (Lipinski definition) is 6. The number of aryl methyl sites for hydroxylation is 1. The molecule has 2 heterocycles. The van der Waals surface area contributed by atoms with Crippen molar-refractivity contribution in [3.8, 4) is 0 Å². The van der Waals surface area contributed by atoms with Crippen molar-refractivity contribution in [2.75, 3.05) is 22.1 Å². The van der Waals surface area contributed by atoms with E-state index in [2.05, 4.69) is 20.8 Å². The van der Waals surface area contributed by atoms with Crippen LogP contribution in [0.2, 0.25) is 5.02 Å². The number of carbonyl (C=O) groups is 1. The number of benzene rings is 1. The average Bonchev–Trinajstić information content (AvgIpc) is 2.90. The van der Waals surface area contributed by atoms with Gasteiger partial charge in [0.05, 0.1) is 11.5 Å². The zero-order valence-electron chi connectivity index (χ0n) is 13.5. The maximum absolute atomic E-state index is 12.2. The predicted molar refractivity (Wildman–Crippen MR) is 96.9 cm³/mol. The van der Waals surface area contributed by atoms with Gasteiger partial charge in [-0.1, -0.05) is 17.7 Å². The van der Waals surface area contributed by atoms with Crippen molar-refractivity contribution in [2.24, 2.45) is 0 Å². The van der Waals surface area contributed by atoms with E-state index < -0.39 is 15.7 Å². The molecule has 9 heteroatoms. The lowest BCUT2D eigenvalue weighted by Gasteiger charge is -2.11. The van der Waals surface area contributed by atoms with E-state index in [1.807, 2.05) is 13.0 Å². The van der Waals surface area contributed by atoms with Crippen LogP contribution in [0.25, 0.3) is 0 Å². The molecule has 1 aliphatic rings. The fraction of sp³-hybridized carbons (Fsp3) is 0.312. The van der Waals surface area contributed by atoms with Gasteiger partial charge in [-0.25, -0.2) is 8.42 Å². The van der Waals surface area contributed by atoms with E-state index >= 15 is 0 Å². The highest BCUT2D eigenvalue weighted by Gasteiger charge is 2.28. The van der Waals surface area contributed by atoms with E-state index in [-0.39, 0.29) is 23.2 Å². The molecule has 1 saturated heterocycles. The number of nitrogens with zero attached hydrogens (tertiary/aromatic N) is 2. The largest absolute Gasteiger partial charge is 0.365 e. The molecule has 1 aromatic carbocycles. The highest BCUT2D eigenvalue weighted by atomic mass is 35.5. The standard InChI is InChI=1S/C16H17ClN4O3S/c1-10-2-3-11(8-13(10)17)19-16(22)14-4-5-15(21-20-14)18-12-6-7-25(23,24)9-12/h2-5,8,12H,6-7,9H2,1H3,(H,18,21)(H,19,22). The number of rotatable bonds is 4. The van der Waals surface area contributed by atoms with Crippen LogP contribution in [-0.2, 0) is 9.84 Å². The van der Waals surface area contributed by atoms with Gasteiger partial charge < -0.3 is 10.6 Å². The van der Waals surface area contributed by atoms with E-state index in [0.29, 0.717) is 22.9 Å². The number of hydrogen-bond donors (Lipinski definition) is 2. The van der Waals surface area contributed by atoms with E-state index in [4.69, 9.17) is 11.6 Å². The van der Waals surface area contributed by atoms with Crippen LogP contribution in [0.3, 0.4) is 0 Å². The van der Waals surface area contributed by atoms with Gasteiger partial charge in [-0.15, -0.1) is 10.2 Å². The molecule has 7 nitrogen and oxygen atoms in total. The van der Waals surface area contributed by atoms with Crippen molar-refractivity contribution in [3.63, 3.8) is 0 Å².